The second kappa shape index (κ2) is 6.76. The van der Waals surface area contributed by atoms with Crippen molar-refractivity contribution in [3.8, 4) is 0 Å². The average molecular weight is 290 g/mol. The van der Waals surface area contributed by atoms with E-state index in [2.05, 4.69) is 65.0 Å². The van der Waals surface area contributed by atoms with Crippen LogP contribution < -0.4 is 0 Å². The molecular weight excluding hydrogens is 272 g/mol. The smallest absolute Gasteiger partial charge is 0.135 e. The minimum absolute atomic E-state index is 0.416. The van der Waals surface area contributed by atoms with Crippen molar-refractivity contribution in [2.75, 3.05) is 6.61 Å². The van der Waals surface area contributed by atoms with E-state index < -0.39 is 0 Å². The standard InChI is InChI=1S/C19H18N2O/c1-2-12-22-20-13-17-15-21(14-16-8-4-3-5-9-16)19-11-7-6-10-18(17)19/h2-11,13,15H,1,12,14H2. The largest absolute Gasteiger partial charge is 0.392 e. The van der Waals surface area contributed by atoms with Gasteiger partial charge in [0.2, 0.25) is 0 Å². The summed E-state index contributed by atoms with van der Waals surface area (Å²) in [6, 6.07) is 18.7. The first kappa shape index (κ1) is 14.1. The van der Waals surface area contributed by atoms with Crippen molar-refractivity contribution in [1.82, 2.24) is 4.57 Å². The van der Waals surface area contributed by atoms with Gasteiger partial charge in [-0.15, -0.1) is 0 Å². The lowest BCUT2D eigenvalue weighted by molar-refractivity contribution is 0.176. The second-order valence-corrected chi connectivity index (χ2v) is 5.03. The van der Waals surface area contributed by atoms with Crippen molar-refractivity contribution in [2.24, 2.45) is 5.16 Å². The molecule has 2 aromatic carbocycles. The highest BCUT2D eigenvalue weighted by Crippen LogP contribution is 2.21. The van der Waals surface area contributed by atoms with E-state index in [1.165, 1.54) is 16.5 Å². The number of aromatic nitrogens is 1. The normalized spacial score (nSPS) is 11.1. The molecule has 0 unspecified atom stereocenters. The minimum atomic E-state index is 0.416. The topological polar surface area (TPSA) is 26.5 Å². The van der Waals surface area contributed by atoms with Crippen LogP contribution in [0.1, 0.15) is 11.1 Å². The third-order valence-electron chi connectivity index (χ3n) is 3.47. The summed E-state index contributed by atoms with van der Waals surface area (Å²) in [5.74, 6) is 0. The number of fused-ring (bicyclic) bond motifs is 1. The third-order valence-corrected chi connectivity index (χ3v) is 3.47. The van der Waals surface area contributed by atoms with Crippen LogP contribution in [0, 0.1) is 0 Å². The monoisotopic (exact) mass is 290 g/mol. The lowest BCUT2D eigenvalue weighted by Gasteiger charge is -2.05. The number of para-hydroxylation sites is 1. The number of benzene rings is 2. The van der Waals surface area contributed by atoms with Crippen LogP contribution in [0.5, 0.6) is 0 Å². The van der Waals surface area contributed by atoms with E-state index in [-0.39, 0.29) is 0 Å². The Morgan fingerprint density at radius 1 is 1.05 bits per heavy atom. The predicted octanol–water partition coefficient (Wildman–Crippen LogP) is 4.23. The van der Waals surface area contributed by atoms with Crippen LogP contribution >= 0.6 is 0 Å². The lowest BCUT2D eigenvalue weighted by Crippen LogP contribution is -1.97. The number of oxime groups is 1. The molecule has 0 atom stereocenters. The summed E-state index contributed by atoms with van der Waals surface area (Å²) < 4.78 is 2.24. The van der Waals surface area contributed by atoms with E-state index in [0.717, 1.165) is 12.1 Å². The summed E-state index contributed by atoms with van der Waals surface area (Å²) in [7, 11) is 0. The molecule has 3 aromatic rings. The van der Waals surface area contributed by atoms with Gasteiger partial charge in [0, 0.05) is 29.2 Å². The number of hydrogen-bond acceptors (Lipinski definition) is 2. The summed E-state index contributed by atoms with van der Waals surface area (Å²) in [5.41, 5.74) is 3.52. The predicted molar refractivity (Wildman–Crippen MR) is 91.2 cm³/mol. The summed E-state index contributed by atoms with van der Waals surface area (Å²) in [5, 5.41) is 5.16. The lowest BCUT2D eigenvalue weighted by atomic mass is 10.2. The van der Waals surface area contributed by atoms with Gasteiger partial charge in [0.25, 0.3) is 0 Å². The van der Waals surface area contributed by atoms with Crippen molar-refractivity contribution in [3.05, 3.63) is 84.6 Å². The van der Waals surface area contributed by atoms with Crippen molar-refractivity contribution < 1.29 is 4.84 Å². The van der Waals surface area contributed by atoms with E-state index in [1.54, 1.807) is 12.3 Å². The van der Waals surface area contributed by atoms with Gasteiger partial charge in [0.05, 0.1) is 6.21 Å². The highest BCUT2D eigenvalue weighted by atomic mass is 16.6. The molecule has 0 saturated heterocycles. The first-order valence-electron chi connectivity index (χ1n) is 7.26. The van der Waals surface area contributed by atoms with Crippen molar-refractivity contribution in [3.63, 3.8) is 0 Å². The molecule has 3 nitrogen and oxygen atoms in total. The zero-order valence-electron chi connectivity index (χ0n) is 12.4. The number of hydrogen-bond donors (Lipinski definition) is 0. The summed E-state index contributed by atoms with van der Waals surface area (Å²) in [4.78, 5) is 5.11. The molecule has 0 radical (unpaired) electrons. The minimum Gasteiger partial charge on any atom is -0.392 e. The molecule has 0 spiro atoms. The molecular formula is C19H18N2O. The fraction of sp³-hybridized carbons (Fsp3) is 0.105. The van der Waals surface area contributed by atoms with E-state index in [9.17, 15) is 0 Å². The molecule has 110 valence electrons. The maximum Gasteiger partial charge on any atom is 0.135 e. The van der Waals surface area contributed by atoms with Gasteiger partial charge in [-0.3, -0.25) is 0 Å². The molecule has 0 saturated carbocycles. The Balaban J connectivity index is 1.93. The maximum absolute atomic E-state index is 5.11. The van der Waals surface area contributed by atoms with Crippen molar-refractivity contribution in [1.29, 1.82) is 0 Å². The highest BCUT2D eigenvalue weighted by molar-refractivity contribution is 5.99. The quantitative estimate of drug-likeness (QED) is 0.289. The van der Waals surface area contributed by atoms with Gasteiger partial charge < -0.3 is 9.40 Å². The Bertz CT molecular complexity index is 788. The molecule has 22 heavy (non-hydrogen) atoms. The van der Waals surface area contributed by atoms with Crippen LogP contribution in [0.2, 0.25) is 0 Å². The molecule has 0 aliphatic rings. The van der Waals surface area contributed by atoms with Gasteiger partial charge in [-0.2, -0.15) is 0 Å². The van der Waals surface area contributed by atoms with Crippen LogP contribution in [0.15, 0.2) is 78.6 Å². The van der Waals surface area contributed by atoms with Crippen LogP contribution in [0.4, 0.5) is 0 Å². The summed E-state index contributed by atoms with van der Waals surface area (Å²) in [6.07, 6.45) is 5.54. The molecule has 3 heteroatoms. The molecule has 0 aliphatic heterocycles. The molecule has 0 bridgehead atoms. The van der Waals surface area contributed by atoms with Gasteiger partial charge in [0.1, 0.15) is 6.61 Å². The Morgan fingerprint density at radius 2 is 1.82 bits per heavy atom. The molecule has 0 aliphatic carbocycles. The van der Waals surface area contributed by atoms with E-state index in [1.807, 2.05) is 12.1 Å². The van der Waals surface area contributed by atoms with Crippen LogP contribution in [0.25, 0.3) is 10.9 Å². The fourth-order valence-corrected chi connectivity index (χ4v) is 2.48. The summed E-state index contributed by atoms with van der Waals surface area (Å²) >= 11 is 0. The first-order chi connectivity index (χ1) is 10.9. The van der Waals surface area contributed by atoms with Gasteiger partial charge in [-0.05, 0) is 11.6 Å². The Kier molecular flexibility index (Phi) is 4.35. The Hall–Kier alpha value is -2.81. The van der Waals surface area contributed by atoms with E-state index in [4.69, 9.17) is 4.84 Å². The fourth-order valence-electron chi connectivity index (χ4n) is 2.48. The number of nitrogens with zero attached hydrogens (tertiary/aromatic N) is 2. The summed E-state index contributed by atoms with van der Waals surface area (Å²) in [6.45, 7) is 4.85. The molecule has 0 amide bonds. The van der Waals surface area contributed by atoms with Crippen molar-refractivity contribution in [2.45, 2.75) is 6.54 Å². The molecule has 1 heterocycles. The van der Waals surface area contributed by atoms with Crippen LogP contribution in [-0.4, -0.2) is 17.4 Å². The van der Waals surface area contributed by atoms with Crippen LogP contribution in [0.3, 0.4) is 0 Å². The van der Waals surface area contributed by atoms with Gasteiger partial charge in [0.15, 0.2) is 0 Å². The van der Waals surface area contributed by atoms with Gasteiger partial charge in [-0.25, -0.2) is 0 Å². The maximum atomic E-state index is 5.11. The zero-order valence-corrected chi connectivity index (χ0v) is 12.4. The van der Waals surface area contributed by atoms with E-state index in [0.29, 0.717) is 6.61 Å². The molecule has 1 aromatic heterocycles. The second-order valence-electron chi connectivity index (χ2n) is 5.03. The SMILES string of the molecule is C=CCON=Cc1cn(Cc2ccccc2)c2ccccc12. The van der Waals surface area contributed by atoms with Crippen LogP contribution in [-0.2, 0) is 11.4 Å². The first-order valence-corrected chi connectivity index (χ1v) is 7.26. The zero-order chi connectivity index (χ0) is 15.2. The van der Waals surface area contributed by atoms with E-state index >= 15 is 0 Å². The highest BCUT2D eigenvalue weighted by Gasteiger charge is 2.06. The van der Waals surface area contributed by atoms with Crippen molar-refractivity contribution >= 4 is 17.1 Å². The Morgan fingerprint density at radius 3 is 2.64 bits per heavy atom. The Labute approximate surface area is 130 Å². The third kappa shape index (κ3) is 3.09. The van der Waals surface area contributed by atoms with Gasteiger partial charge >= 0.3 is 0 Å². The average Bonchev–Trinajstić information content (AvgIpc) is 2.91. The molecule has 3 rings (SSSR count). The van der Waals surface area contributed by atoms with Gasteiger partial charge in [-0.1, -0.05) is 66.3 Å². The molecule has 0 N–H and O–H groups in total. The molecule has 0 fully saturated rings. The number of rotatable bonds is 6.